The largest absolute Gasteiger partial charge is 0.480 e. The number of carbonyl (C=O) groups excluding carboxylic acids is 3. The number of aliphatic carboxylic acids is 2. The van der Waals surface area contributed by atoms with E-state index < -0.39 is 47.1 Å². The number of hydrogen-bond acceptors (Lipinski definition) is 11. The van der Waals surface area contributed by atoms with Crippen molar-refractivity contribution in [2.75, 3.05) is 19.8 Å². The maximum absolute atomic E-state index is 12.6. The molecule has 3 aliphatic carbocycles. The lowest BCUT2D eigenvalue weighted by Gasteiger charge is -2.18. The maximum atomic E-state index is 12.6. The summed E-state index contributed by atoms with van der Waals surface area (Å²) in [7, 11) is 0. The minimum atomic E-state index is -1.37. The van der Waals surface area contributed by atoms with Crippen molar-refractivity contribution in [1.29, 1.82) is 0 Å². The number of esters is 1. The van der Waals surface area contributed by atoms with Gasteiger partial charge in [0, 0.05) is 42.2 Å². The number of nitro benzene ring substituents is 1. The molecule has 0 heterocycles. The summed E-state index contributed by atoms with van der Waals surface area (Å²) >= 11 is 0. The molecule has 0 bridgehead atoms. The predicted octanol–water partition coefficient (Wildman–Crippen LogP) is 13.8. The van der Waals surface area contributed by atoms with Crippen LogP contribution >= 0.6 is 0 Å². The Morgan fingerprint density at radius 2 is 0.783 bits per heavy atom. The van der Waals surface area contributed by atoms with Crippen LogP contribution in [0.1, 0.15) is 78.2 Å². The van der Waals surface area contributed by atoms with Crippen molar-refractivity contribution in [2.24, 2.45) is 0 Å². The van der Waals surface area contributed by atoms with Gasteiger partial charge in [0.2, 0.25) is 0 Å². The summed E-state index contributed by atoms with van der Waals surface area (Å²) in [5.74, 6) is -4.00. The number of carboxylic acid groups (broad SMARTS) is 3. The van der Waals surface area contributed by atoms with E-state index in [1.54, 1.807) is 18.2 Å². The molecule has 2 atom stereocenters. The number of carbonyl (C=O) groups is 6. The van der Waals surface area contributed by atoms with Crippen LogP contribution < -0.4 is 10.6 Å². The van der Waals surface area contributed by atoms with Gasteiger partial charge in [-0.3, -0.25) is 14.9 Å². The molecule has 0 fully saturated rings. The topological polar surface area (TPSA) is 258 Å². The van der Waals surface area contributed by atoms with Crippen LogP contribution in [0.5, 0.6) is 0 Å². The van der Waals surface area contributed by atoms with Gasteiger partial charge in [-0.05, 0) is 101 Å². The smallest absolute Gasteiger partial charge is 0.407 e. The first-order valence-corrected chi connectivity index (χ1v) is 29.7. The molecule has 17 heteroatoms. The van der Waals surface area contributed by atoms with Crippen LogP contribution in [0, 0.1) is 10.1 Å². The number of rotatable bonds is 18. The molecule has 0 unspecified atom stereocenters. The van der Waals surface area contributed by atoms with Gasteiger partial charge in [-0.1, -0.05) is 218 Å². The minimum Gasteiger partial charge on any atom is -0.480 e. The summed E-state index contributed by atoms with van der Waals surface area (Å²) in [5, 5.41) is 46.4. The highest BCUT2D eigenvalue weighted by Gasteiger charge is 2.33. The van der Waals surface area contributed by atoms with Gasteiger partial charge in [-0.25, -0.2) is 24.0 Å². The lowest BCUT2D eigenvalue weighted by Crippen LogP contribution is -2.43. The summed E-state index contributed by atoms with van der Waals surface area (Å²) in [4.78, 5) is 82.5. The Morgan fingerprint density at radius 1 is 0.424 bits per heavy atom. The molecule has 0 saturated heterocycles. The molecule has 460 valence electrons. The molecule has 3 aliphatic rings. The normalized spacial score (nSPS) is 12.9. The van der Waals surface area contributed by atoms with Gasteiger partial charge in [-0.15, -0.1) is 0 Å². The van der Waals surface area contributed by atoms with Crippen molar-refractivity contribution in [2.45, 2.75) is 49.1 Å². The zero-order valence-corrected chi connectivity index (χ0v) is 49.4. The average Bonchev–Trinajstić information content (AvgIpc) is 1.65. The quantitative estimate of drug-likeness (QED) is 0.0232. The number of benzene rings is 10. The maximum Gasteiger partial charge on any atom is 0.407 e. The average molecular weight is 1230 g/mol. The number of ether oxygens (including phenoxy) is 3. The number of nitro groups is 1. The number of alkyl carbamates (subject to hydrolysis) is 2. The summed E-state index contributed by atoms with van der Waals surface area (Å²) in [6.45, 7) is 0.448. The molecule has 92 heavy (non-hydrogen) atoms. The first kappa shape index (κ1) is 61.9. The molecule has 0 spiro atoms. The second-order valence-corrected chi connectivity index (χ2v) is 22.2. The Hall–Kier alpha value is -11.7. The molecule has 0 saturated carbocycles. The highest BCUT2D eigenvalue weighted by molar-refractivity contribution is 5.89. The summed E-state index contributed by atoms with van der Waals surface area (Å²) in [5.41, 5.74) is 15.1. The van der Waals surface area contributed by atoms with Crippen molar-refractivity contribution in [3.8, 4) is 33.4 Å². The van der Waals surface area contributed by atoms with E-state index in [4.69, 9.17) is 19.3 Å². The SMILES string of the molecule is O=C(Cc1cccc(C(=O)O)c1)OCC1c2ccccc2-c2ccccc21.O=C(N[C@@H](Cc1cccc2ccccc12)C(=O)O)OCC1c2ccccc2-c2ccccc21.O=C(N[C@@H](Cc1ccccc1[N+](=O)[O-])C(=O)O)OCC1c2ccccc2-c2ccccc21. The van der Waals surface area contributed by atoms with Crippen LogP contribution in [0.15, 0.2) is 237 Å². The van der Waals surface area contributed by atoms with Gasteiger partial charge >= 0.3 is 36.1 Å². The first-order valence-electron chi connectivity index (χ1n) is 29.7. The van der Waals surface area contributed by atoms with E-state index in [2.05, 4.69) is 47.0 Å². The van der Waals surface area contributed by atoms with Crippen LogP contribution in [0.2, 0.25) is 0 Å². The Kier molecular flexibility index (Phi) is 19.0. The zero-order valence-electron chi connectivity index (χ0n) is 49.4. The third-order valence-corrected chi connectivity index (χ3v) is 16.7. The second kappa shape index (κ2) is 28.2. The van der Waals surface area contributed by atoms with Gasteiger partial charge in [-0.2, -0.15) is 0 Å². The third-order valence-electron chi connectivity index (χ3n) is 16.7. The molecule has 13 rings (SSSR count). The number of hydrogen-bond donors (Lipinski definition) is 5. The third kappa shape index (κ3) is 13.9. The Bertz CT molecular complexity index is 4310. The number of carboxylic acids is 3. The number of nitrogens with one attached hydrogen (secondary N) is 2. The second-order valence-electron chi connectivity index (χ2n) is 22.2. The van der Waals surface area contributed by atoms with E-state index in [1.165, 1.54) is 52.6 Å². The number of fused-ring (bicyclic) bond motifs is 10. The van der Waals surface area contributed by atoms with Gasteiger partial charge in [0.1, 0.15) is 31.9 Å². The van der Waals surface area contributed by atoms with Gasteiger partial charge in [0.25, 0.3) is 5.69 Å². The van der Waals surface area contributed by atoms with Crippen molar-refractivity contribution >= 4 is 52.5 Å². The van der Waals surface area contributed by atoms with Crippen LogP contribution in [-0.2, 0) is 47.9 Å². The van der Waals surface area contributed by atoms with E-state index in [0.29, 0.717) is 5.56 Å². The van der Waals surface area contributed by atoms with Crippen molar-refractivity contribution < 1.29 is 63.2 Å². The highest BCUT2D eigenvalue weighted by atomic mass is 16.6. The summed E-state index contributed by atoms with van der Waals surface area (Å²) in [6, 6.07) is 71.5. The Labute approximate surface area is 528 Å². The monoisotopic (exact) mass is 1230 g/mol. The standard InChI is InChI=1S/C28H23NO4.C24H20N2O6.C23H18O4/c30-27(31)26(16-19-10-7-9-18-8-1-2-11-20(18)19)29-28(32)33-17-25-23-14-5-3-12-21(23)22-13-4-6-15-24(22)25;27-23(28)21(13-15-7-1-6-12-22(15)26(30)31)25-24(29)32-14-20-18-10-4-2-8-16(18)17-9-3-5-11-19(17)20;24-22(13-15-6-5-7-16(12-15)23(25)26)27-14-21-19-10-3-1-8-17(19)18-9-2-4-11-20(18)21/h1-15,25-26H,16-17H2,(H,29,32)(H,30,31);1-12,20-21H,13-14H2,(H,25,29)(H,27,28);1-12,21H,13-14H2,(H,25,26)/t26-;21-;/m00./s1. The molecule has 2 amide bonds. The van der Waals surface area contributed by atoms with Crippen molar-refractivity contribution in [3.05, 3.63) is 302 Å². The number of amides is 2. The van der Waals surface area contributed by atoms with Crippen molar-refractivity contribution in [1.82, 2.24) is 10.6 Å². The van der Waals surface area contributed by atoms with E-state index in [1.807, 2.05) is 152 Å². The molecule has 0 aliphatic heterocycles. The fraction of sp³-hybridized carbons (Fsp3) is 0.147. The lowest BCUT2D eigenvalue weighted by atomic mass is 9.98. The number of nitrogens with zero attached hydrogens (tertiary/aromatic N) is 1. The molecular formula is C75H61N3O14. The van der Waals surface area contributed by atoms with Gasteiger partial charge in [0.15, 0.2) is 0 Å². The number of aromatic carboxylic acids is 1. The fourth-order valence-corrected chi connectivity index (χ4v) is 12.4. The molecule has 10 aromatic rings. The van der Waals surface area contributed by atoms with E-state index in [9.17, 15) is 49.1 Å². The highest BCUT2D eigenvalue weighted by Crippen LogP contribution is 2.47. The Morgan fingerprint density at radius 3 is 1.22 bits per heavy atom. The van der Waals surface area contributed by atoms with Crippen molar-refractivity contribution in [3.63, 3.8) is 0 Å². The molecular weight excluding hydrogens is 1170 g/mol. The lowest BCUT2D eigenvalue weighted by molar-refractivity contribution is -0.385. The minimum absolute atomic E-state index is 0.0201. The van der Waals surface area contributed by atoms with E-state index >= 15 is 0 Å². The molecule has 0 aromatic heterocycles. The number of para-hydroxylation sites is 1. The molecule has 10 aromatic carbocycles. The zero-order chi connectivity index (χ0) is 64.3. The molecule has 5 N–H and O–H groups in total. The van der Waals surface area contributed by atoms with E-state index in [0.717, 1.165) is 60.8 Å². The Balaban J connectivity index is 0.000000142. The fourth-order valence-electron chi connectivity index (χ4n) is 12.4. The van der Waals surface area contributed by atoms with Crippen LogP contribution in [0.3, 0.4) is 0 Å². The van der Waals surface area contributed by atoms with Gasteiger partial charge < -0.3 is 40.2 Å². The van der Waals surface area contributed by atoms with Crippen LogP contribution in [0.25, 0.3) is 44.2 Å². The van der Waals surface area contributed by atoms with Gasteiger partial charge in [0.05, 0.1) is 16.9 Å². The first-order chi connectivity index (χ1) is 44.7. The molecule has 0 radical (unpaired) electrons. The van der Waals surface area contributed by atoms with Crippen LogP contribution in [-0.4, -0.2) is 88.2 Å². The predicted molar refractivity (Wildman–Crippen MR) is 345 cm³/mol. The summed E-state index contributed by atoms with van der Waals surface area (Å²) in [6.07, 6.45) is -1.64. The molecule has 17 nitrogen and oxygen atoms in total. The van der Waals surface area contributed by atoms with E-state index in [-0.39, 0.29) is 79.6 Å². The summed E-state index contributed by atoms with van der Waals surface area (Å²) < 4.78 is 16.5. The van der Waals surface area contributed by atoms with Crippen LogP contribution in [0.4, 0.5) is 15.3 Å².